The Balaban J connectivity index is 4.05. The van der Waals surface area contributed by atoms with Gasteiger partial charge < -0.3 is 10.6 Å². The van der Waals surface area contributed by atoms with Gasteiger partial charge in [0.2, 0.25) is 5.91 Å². The number of halogens is 3. The van der Waals surface area contributed by atoms with Crippen LogP contribution in [-0.2, 0) is 4.79 Å². The van der Waals surface area contributed by atoms with Crippen LogP contribution in [0.5, 0.6) is 0 Å². The van der Waals surface area contributed by atoms with Gasteiger partial charge in [-0.2, -0.15) is 13.2 Å². The zero-order chi connectivity index (χ0) is 9.94. The Hall–Kier alpha value is -0.780. The Labute approximate surface area is 68.3 Å². The van der Waals surface area contributed by atoms with Gasteiger partial charge in [0.15, 0.2) is 0 Å². The first-order valence-corrected chi connectivity index (χ1v) is 3.27. The molecule has 0 rings (SSSR count). The summed E-state index contributed by atoms with van der Waals surface area (Å²) in [6.45, 7) is 0. The number of rotatable bonds is 2. The molecule has 0 aliphatic carbocycles. The molecule has 0 aliphatic rings. The largest absolute Gasteiger partial charge is 0.391 e. The Kier molecular flexibility index (Phi) is 3.51. The topological polar surface area (TPSA) is 46.3 Å². The number of likely N-dealkylation sites (N-methyl/N-ethyl adjacent to an activating group) is 1. The van der Waals surface area contributed by atoms with Gasteiger partial charge in [-0.15, -0.1) is 0 Å². The molecule has 12 heavy (non-hydrogen) atoms. The van der Waals surface area contributed by atoms with E-state index >= 15 is 0 Å². The van der Waals surface area contributed by atoms with Crippen molar-refractivity contribution in [3.8, 4) is 0 Å². The third-order valence-corrected chi connectivity index (χ3v) is 1.21. The first-order valence-electron chi connectivity index (χ1n) is 3.27. The first kappa shape index (κ1) is 11.2. The van der Waals surface area contributed by atoms with Gasteiger partial charge in [0.25, 0.3) is 0 Å². The molecule has 1 unspecified atom stereocenters. The fourth-order valence-corrected chi connectivity index (χ4v) is 0.668. The van der Waals surface area contributed by atoms with Crippen LogP contribution in [-0.4, -0.2) is 37.1 Å². The highest BCUT2D eigenvalue weighted by atomic mass is 19.4. The summed E-state index contributed by atoms with van der Waals surface area (Å²) < 4.78 is 35.0. The van der Waals surface area contributed by atoms with Crippen molar-refractivity contribution in [2.24, 2.45) is 5.73 Å². The van der Waals surface area contributed by atoms with Crippen LogP contribution in [0.4, 0.5) is 13.2 Å². The van der Waals surface area contributed by atoms with Crippen LogP contribution in [0.2, 0.25) is 0 Å². The van der Waals surface area contributed by atoms with Crippen LogP contribution in [0.3, 0.4) is 0 Å². The lowest BCUT2D eigenvalue weighted by atomic mass is 10.2. The number of carbonyl (C=O) groups is 1. The van der Waals surface area contributed by atoms with Gasteiger partial charge >= 0.3 is 6.18 Å². The number of carbonyl (C=O) groups excluding carboxylic acids is 1. The highest BCUT2D eigenvalue weighted by Crippen LogP contribution is 2.21. The molecule has 0 aromatic carbocycles. The minimum absolute atomic E-state index is 0.715. The Morgan fingerprint density at radius 1 is 1.50 bits per heavy atom. The van der Waals surface area contributed by atoms with Crippen LogP contribution in [0, 0.1) is 0 Å². The van der Waals surface area contributed by atoms with Crippen molar-refractivity contribution in [3.05, 3.63) is 0 Å². The molecular weight excluding hydrogens is 173 g/mol. The van der Waals surface area contributed by atoms with Crippen molar-refractivity contribution >= 4 is 5.91 Å². The second kappa shape index (κ2) is 3.75. The van der Waals surface area contributed by atoms with Gasteiger partial charge in [-0.05, 0) is 0 Å². The van der Waals surface area contributed by atoms with Crippen LogP contribution < -0.4 is 5.73 Å². The van der Waals surface area contributed by atoms with E-state index in [1.807, 2.05) is 0 Å². The molecule has 0 saturated heterocycles. The maximum Gasteiger partial charge on any atom is 0.391 e. The molecule has 0 radical (unpaired) electrons. The second-order valence-electron chi connectivity index (χ2n) is 2.66. The summed E-state index contributed by atoms with van der Waals surface area (Å²) in [6.07, 6.45) is -5.66. The molecule has 0 aromatic rings. The van der Waals surface area contributed by atoms with Gasteiger partial charge in [0.1, 0.15) is 0 Å². The zero-order valence-corrected chi connectivity index (χ0v) is 6.85. The van der Waals surface area contributed by atoms with Gasteiger partial charge in [-0.3, -0.25) is 4.79 Å². The van der Waals surface area contributed by atoms with Crippen LogP contribution >= 0.6 is 0 Å². The summed E-state index contributed by atoms with van der Waals surface area (Å²) in [7, 11) is 2.72. The minimum Gasteiger partial charge on any atom is -0.347 e. The van der Waals surface area contributed by atoms with Crippen LogP contribution in [0.15, 0.2) is 0 Å². The molecule has 72 valence electrons. The fourth-order valence-electron chi connectivity index (χ4n) is 0.668. The van der Waals surface area contributed by atoms with Crippen molar-refractivity contribution in [2.75, 3.05) is 14.1 Å². The van der Waals surface area contributed by atoms with E-state index in [0.29, 0.717) is 0 Å². The molecule has 0 saturated carbocycles. The number of amides is 1. The van der Waals surface area contributed by atoms with E-state index < -0.39 is 24.5 Å². The number of nitrogens with two attached hydrogens (primary N) is 1. The van der Waals surface area contributed by atoms with Gasteiger partial charge in [0.05, 0.1) is 12.5 Å². The fraction of sp³-hybridized carbons (Fsp3) is 0.833. The van der Waals surface area contributed by atoms with E-state index in [2.05, 4.69) is 0 Å². The van der Waals surface area contributed by atoms with Crippen molar-refractivity contribution in [1.82, 2.24) is 4.90 Å². The quantitative estimate of drug-likeness (QED) is 0.673. The van der Waals surface area contributed by atoms with Gasteiger partial charge in [-0.1, -0.05) is 0 Å². The molecule has 0 aromatic heterocycles. The third-order valence-electron chi connectivity index (χ3n) is 1.21. The van der Waals surface area contributed by atoms with Crippen molar-refractivity contribution in [3.63, 3.8) is 0 Å². The maximum atomic E-state index is 11.7. The average molecular weight is 184 g/mol. The number of hydrogen-bond acceptors (Lipinski definition) is 2. The molecule has 0 fully saturated rings. The second-order valence-corrected chi connectivity index (χ2v) is 2.66. The third kappa shape index (κ3) is 4.17. The summed E-state index contributed by atoms with van der Waals surface area (Å²) in [5, 5.41) is 0. The number of nitrogens with zero attached hydrogens (tertiary/aromatic N) is 1. The van der Waals surface area contributed by atoms with Gasteiger partial charge in [0, 0.05) is 14.1 Å². The molecule has 3 nitrogen and oxygen atoms in total. The van der Waals surface area contributed by atoms with E-state index in [1.165, 1.54) is 14.1 Å². The summed E-state index contributed by atoms with van der Waals surface area (Å²) in [5.74, 6) is -0.715. The molecule has 0 heterocycles. The molecule has 2 N–H and O–H groups in total. The summed E-state index contributed by atoms with van der Waals surface area (Å²) in [6, 6.07) is -1.49. The Morgan fingerprint density at radius 2 is 1.92 bits per heavy atom. The van der Waals surface area contributed by atoms with E-state index in [0.717, 1.165) is 4.90 Å². The smallest absolute Gasteiger partial charge is 0.347 e. The van der Waals surface area contributed by atoms with Crippen LogP contribution in [0.25, 0.3) is 0 Å². The molecule has 0 aliphatic heterocycles. The molecule has 0 spiro atoms. The molecule has 1 amide bonds. The van der Waals surface area contributed by atoms with Gasteiger partial charge in [-0.25, -0.2) is 0 Å². The van der Waals surface area contributed by atoms with E-state index in [-0.39, 0.29) is 0 Å². The predicted molar refractivity (Wildman–Crippen MR) is 37.3 cm³/mol. The standard InChI is InChI=1S/C6H11F3N2O/c1-11(2)5(12)4(10)3-6(7,8)9/h4H,3,10H2,1-2H3. The SMILES string of the molecule is CN(C)C(=O)C(N)CC(F)(F)F. The highest BCUT2D eigenvalue weighted by molar-refractivity contribution is 5.81. The minimum atomic E-state index is -4.38. The monoisotopic (exact) mass is 184 g/mol. The van der Waals surface area contributed by atoms with E-state index in [4.69, 9.17) is 5.73 Å². The predicted octanol–water partition coefficient (Wildman–Crippen LogP) is 0.354. The number of alkyl halides is 3. The lowest BCUT2D eigenvalue weighted by molar-refractivity contribution is -0.151. The highest BCUT2D eigenvalue weighted by Gasteiger charge is 2.33. The first-order chi connectivity index (χ1) is 5.24. The number of hydrogen-bond donors (Lipinski definition) is 1. The molecule has 0 bridgehead atoms. The van der Waals surface area contributed by atoms with E-state index in [9.17, 15) is 18.0 Å². The van der Waals surface area contributed by atoms with Crippen molar-refractivity contribution in [2.45, 2.75) is 18.6 Å². The van der Waals surface area contributed by atoms with Crippen molar-refractivity contribution in [1.29, 1.82) is 0 Å². The van der Waals surface area contributed by atoms with Crippen LogP contribution in [0.1, 0.15) is 6.42 Å². The molecule has 6 heteroatoms. The average Bonchev–Trinajstić information content (AvgIpc) is 1.82. The Bertz CT molecular complexity index is 167. The van der Waals surface area contributed by atoms with Crippen molar-refractivity contribution < 1.29 is 18.0 Å². The summed E-state index contributed by atoms with van der Waals surface area (Å²) >= 11 is 0. The lowest BCUT2D eigenvalue weighted by Gasteiger charge is -2.17. The summed E-state index contributed by atoms with van der Waals surface area (Å²) in [5.41, 5.74) is 4.99. The zero-order valence-electron chi connectivity index (χ0n) is 6.85. The molecule has 1 atom stereocenters. The normalized spacial score (nSPS) is 14.2. The maximum absolute atomic E-state index is 11.7. The molecular formula is C6H11F3N2O. The Morgan fingerprint density at radius 3 is 2.17 bits per heavy atom. The van der Waals surface area contributed by atoms with E-state index in [1.54, 1.807) is 0 Å². The lowest BCUT2D eigenvalue weighted by Crippen LogP contribution is -2.42. The summed E-state index contributed by atoms with van der Waals surface area (Å²) in [4.78, 5) is 11.9.